The van der Waals surface area contributed by atoms with E-state index in [1.807, 2.05) is 24.3 Å². The molecule has 0 radical (unpaired) electrons. The van der Waals surface area contributed by atoms with Gasteiger partial charge in [0.2, 0.25) is 0 Å². The smallest absolute Gasteiger partial charge is 0.316 e. The van der Waals surface area contributed by atoms with Crippen LogP contribution in [0.4, 0.5) is 16.2 Å². The summed E-state index contributed by atoms with van der Waals surface area (Å²) in [6.45, 7) is 2.12. The molecule has 1 aliphatic carbocycles. The number of hydrogen-bond acceptors (Lipinski definition) is 2. The Morgan fingerprint density at radius 1 is 1.19 bits per heavy atom. The highest BCUT2D eigenvalue weighted by atomic mass is 16.2. The fourth-order valence-corrected chi connectivity index (χ4v) is 2.90. The summed E-state index contributed by atoms with van der Waals surface area (Å²) in [5.74, 6) is 0. The van der Waals surface area contributed by atoms with Crippen LogP contribution in [0.1, 0.15) is 29.2 Å². The number of anilines is 2. The van der Waals surface area contributed by atoms with E-state index < -0.39 is 6.03 Å². The van der Waals surface area contributed by atoms with Gasteiger partial charge in [-0.3, -0.25) is 0 Å². The van der Waals surface area contributed by atoms with E-state index in [0.29, 0.717) is 11.7 Å². The highest BCUT2D eigenvalue weighted by Gasteiger charge is 2.22. The van der Waals surface area contributed by atoms with E-state index in [2.05, 4.69) is 35.8 Å². The molecule has 0 fully saturated rings. The molecule has 1 unspecified atom stereocenters. The molecule has 108 valence electrons. The van der Waals surface area contributed by atoms with E-state index >= 15 is 0 Å². The molecular weight excluding hydrogens is 262 g/mol. The molecule has 2 aromatic carbocycles. The van der Waals surface area contributed by atoms with Crippen molar-refractivity contribution in [2.75, 3.05) is 10.6 Å². The SMILES string of the molecule is Cc1ccc2c(c1)C(Nc1cccc(NC(N)=O)c1)CC2. The predicted molar refractivity (Wildman–Crippen MR) is 85.5 cm³/mol. The third-order valence-corrected chi connectivity index (χ3v) is 3.85. The standard InChI is InChI=1S/C17H19N3O/c1-11-5-6-12-7-8-16(15(12)9-11)19-13-3-2-4-14(10-13)20-17(18)21/h2-6,9-10,16,19H,7-8H2,1H3,(H3,18,20,21). The molecular formula is C17H19N3O. The maximum absolute atomic E-state index is 10.9. The predicted octanol–water partition coefficient (Wildman–Crippen LogP) is 3.59. The first kappa shape index (κ1) is 13.5. The Kier molecular flexibility index (Phi) is 3.52. The van der Waals surface area contributed by atoms with E-state index in [-0.39, 0.29) is 0 Å². The van der Waals surface area contributed by atoms with E-state index in [1.54, 1.807) is 0 Å². The van der Waals surface area contributed by atoms with Crippen LogP contribution in [0.15, 0.2) is 42.5 Å². The van der Waals surface area contributed by atoms with Gasteiger partial charge in [0.25, 0.3) is 0 Å². The van der Waals surface area contributed by atoms with E-state index in [4.69, 9.17) is 5.73 Å². The van der Waals surface area contributed by atoms with Crippen molar-refractivity contribution in [1.29, 1.82) is 0 Å². The van der Waals surface area contributed by atoms with E-state index in [1.165, 1.54) is 16.7 Å². The van der Waals surface area contributed by atoms with Gasteiger partial charge in [0.1, 0.15) is 0 Å². The average Bonchev–Trinajstić information content (AvgIpc) is 2.81. The Balaban J connectivity index is 1.79. The lowest BCUT2D eigenvalue weighted by Crippen LogP contribution is -2.19. The Hall–Kier alpha value is -2.49. The summed E-state index contributed by atoms with van der Waals surface area (Å²) in [6.07, 6.45) is 2.19. The minimum Gasteiger partial charge on any atom is -0.378 e. The zero-order valence-electron chi connectivity index (χ0n) is 12.0. The van der Waals surface area contributed by atoms with Crippen LogP contribution in [0.5, 0.6) is 0 Å². The van der Waals surface area contributed by atoms with Crippen LogP contribution >= 0.6 is 0 Å². The second-order valence-electron chi connectivity index (χ2n) is 5.51. The van der Waals surface area contributed by atoms with Crippen molar-refractivity contribution in [3.05, 3.63) is 59.2 Å². The van der Waals surface area contributed by atoms with Crippen molar-refractivity contribution in [2.24, 2.45) is 5.73 Å². The Morgan fingerprint density at radius 3 is 2.81 bits per heavy atom. The molecule has 4 N–H and O–H groups in total. The van der Waals surface area contributed by atoms with Gasteiger partial charge in [0.15, 0.2) is 0 Å². The van der Waals surface area contributed by atoms with Gasteiger partial charge in [0.05, 0.1) is 6.04 Å². The Bertz CT molecular complexity index is 681. The molecule has 1 atom stereocenters. The van der Waals surface area contributed by atoms with Gasteiger partial charge >= 0.3 is 6.03 Å². The first-order valence-electron chi connectivity index (χ1n) is 7.14. The first-order valence-corrected chi connectivity index (χ1v) is 7.14. The number of amides is 2. The van der Waals surface area contributed by atoms with Crippen molar-refractivity contribution < 1.29 is 4.79 Å². The molecule has 3 rings (SSSR count). The van der Waals surface area contributed by atoms with Gasteiger partial charge < -0.3 is 16.4 Å². The zero-order valence-corrected chi connectivity index (χ0v) is 12.0. The van der Waals surface area contributed by atoms with Gasteiger partial charge in [-0.15, -0.1) is 0 Å². The van der Waals surface area contributed by atoms with Crippen molar-refractivity contribution in [2.45, 2.75) is 25.8 Å². The van der Waals surface area contributed by atoms with Gasteiger partial charge in [0, 0.05) is 11.4 Å². The highest BCUT2D eigenvalue weighted by molar-refractivity contribution is 5.88. The second kappa shape index (κ2) is 5.48. The maximum atomic E-state index is 10.9. The molecule has 0 aromatic heterocycles. The van der Waals surface area contributed by atoms with E-state index in [0.717, 1.165) is 18.5 Å². The Morgan fingerprint density at radius 2 is 2.00 bits per heavy atom. The number of fused-ring (bicyclic) bond motifs is 1. The lowest BCUT2D eigenvalue weighted by Gasteiger charge is -2.17. The summed E-state index contributed by atoms with van der Waals surface area (Å²) in [5, 5.41) is 6.14. The molecule has 2 aromatic rings. The molecule has 0 heterocycles. The number of primary amides is 1. The molecule has 4 nitrogen and oxygen atoms in total. The summed E-state index contributed by atoms with van der Waals surface area (Å²) in [7, 11) is 0. The van der Waals surface area contributed by atoms with Crippen molar-refractivity contribution in [3.8, 4) is 0 Å². The second-order valence-corrected chi connectivity index (χ2v) is 5.51. The number of rotatable bonds is 3. The zero-order chi connectivity index (χ0) is 14.8. The largest absolute Gasteiger partial charge is 0.378 e. The molecule has 1 aliphatic rings. The lowest BCUT2D eigenvalue weighted by molar-refractivity contribution is 0.259. The van der Waals surface area contributed by atoms with Crippen LogP contribution in [-0.2, 0) is 6.42 Å². The number of carbonyl (C=O) groups excluding carboxylic acids is 1. The maximum Gasteiger partial charge on any atom is 0.316 e. The highest BCUT2D eigenvalue weighted by Crippen LogP contribution is 2.34. The van der Waals surface area contributed by atoms with E-state index in [9.17, 15) is 4.79 Å². The van der Waals surface area contributed by atoms with Gasteiger partial charge in [-0.2, -0.15) is 0 Å². The number of aryl methyl sites for hydroxylation is 2. The summed E-state index contributed by atoms with van der Waals surface area (Å²) >= 11 is 0. The average molecular weight is 281 g/mol. The first-order chi connectivity index (χ1) is 10.1. The molecule has 0 spiro atoms. The Labute approximate surface area is 124 Å². The molecule has 0 bridgehead atoms. The number of nitrogens with two attached hydrogens (primary N) is 1. The number of benzene rings is 2. The normalized spacial score (nSPS) is 16.3. The fraction of sp³-hybridized carbons (Fsp3) is 0.235. The van der Waals surface area contributed by atoms with Crippen LogP contribution in [0.2, 0.25) is 0 Å². The van der Waals surface area contributed by atoms with Crippen LogP contribution in [0, 0.1) is 6.92 Å². The minimum atomic E-state index is -0.547. The minimum absolute atomic E-state index is 0.323. The van der Waals surface area contributed by atoms with Crippen LogP contribution in [0.25, 0.3) is 0 Å². The molecule has 21 heavy (non-hydrogen) atoms. The van der Waals surface area contributed by atoms with Gasteiger partial charge in [-0.05, 0) is 49.1 Å². The molecule has 0 saturated carbocycles. The molecule has 4 heteroatoms. The number of urea groups is 1. The number of carbonyl (C=O) groups is 1. The van der Waals surface area contributed by atoms with Gasteiger partial charge in [-0.1, -0.05) is 29.8 Å². The fourth-order valence-electron chi connectivity index (χ4n) is 2.90. The number of hydrogen-bond donors (Lipinski definition) is 3. The van der Waals surface area contributed by atoms with Crippen LogP contribution < -0.4 is 16.4 Å². The monoisotopic (exact) mass is 281 g/mol. The van der Waals surface area contributed by atoms with Gasteiger partial charge in [-0.25, -0.2) is 4.79 Å². The molecule has 0 saturated heterocycles. The molecule has 2 amide bonds. The van der Waals surface area contributed by atoms with Crippen LogP contribution in [0.3, 0.4) is 0 Å². The van der Waals surface area contributed by atoms with Crippen molar-refractivity contribution >= 4 is 17.4 Å². The summed E-state index contributed by atoms with van der Waals surface area (Å²) in [5.41, 5.74) is 10.9. The topological polar surface area (TPSA) is 67.2 Å². The third-order valence-electron chi connectivity index (χ3n) is 3.85. The number of nitrogens with one attached hydrogen (secondary N) is 2. The van der Waals surface area contributed by atoms with Crippen LogP contribution in [-0.4, -0.2) is 6.03 Å². The van der Waals surface area contributed by atoms with Crippen molar-refractivity contribution in [1.82, 2.24) is 0 Å². The quantitative estimate of drug-likeness (QED) is 0.805. The summed E-state index contributed by atoms with van der Waals surface area (Å²) in [4.78, 5) is 10.9. The lowest BCUT2D eigenvalue weighted by atomic mass is 10.0. The molecule has 0 aliphatic heterocycles. The van der Waals surface area contributed by atoms with Crippen molar-refractivity contribution in [3.63, 3.8) is 0 Å². The summed E-state index contributed by atoms with van der Waals surface area (Å²) in [6, 6.07) is 14.0. The third kappa shape index (κ3) is 2.99. The summed E-state index contributed by atoms with van der Waals surface area (Å²) < 4.78 is 0.